The Labute approximate surface area is 770 Å². The van der Waals surface area contributed by atoms with Gasteiger partial charge >= 0.3 is 0 Å². The van der Waals surface area contributed by atoms with Crippen LogP contribution in [0, 0.1) is 34.0 Å². The number of nitrogens with zero attached hydrogens (tertiary/aromatic N) is 19. The van der Waals surface area contributed by atoms with Gasteiger partial charge in [0.05, 0.1) is 12.6 Å². The lowest BCUT2D eigenvalue weighted by Crippen LogP contribution is -2.50. The average molecular weight is 1870 g/mol. The number of amides is 1. The monoisotopic (exact) mass is 1870 g/mol. The summed E-state index contributed by atoms with van der Waals surface area (Å²) in [6.45, 7) is 34.6. The van der Waals surface area contributed by atoms with Crippen molar-refractivity contribution in [2.24, 2.45) is 108 Å². The first-order valence-corrected chi connectivity index (χ1v) is 43.0. The number of carbonyl (C=O) groups excluding carboxylic acids is 1. The molecule has 1 fully saturated rings. The predicted molar refractivity (Wildman–Crippen MR) is 520 cm³/mol. The van der Waals surface area contributed by atoms with E-state index in [2.05, 4.69) is 89.9 Å². The molecule has 0 bridgehead atoms. The number of carbonyl (C=O) groups is 1. The first kappa shape index (κ1) is 116. The smallest absolute Gasteiger partial charge is 0.250 e. The maximum atomic E-state index is 14.6. The molecule has 132 heavy (non-hydrogen) atoms. The van der Waals surface area contributed by atoms with Crippen molar-refractivity contribution in [1.82, 2.24) is 4.90 Å². The highest BCUT2D eigenvalue weighted by Gasteiger charge is 2.44. The van der Waals surface area contributed by atoms with Crippen LogP contribution in [0.2, 0.25) is 0 Å². The van der Waals surface area contributed by atoms with E-state index in [1.54, 1.807) is 71.9 Å². The Hall–Kier alpha value is -12.5. The number of benzene rings is 1. The zero-order valence-electron chi connectivity index (χ0n) is 80.3. The summed E-state index contributed by atoms with van der Waals surface area (Å²) in [7, 11) is 0. The Morgan fingerprint density at radius 3 is 1.17 bits per heavy atom. The second-order valence-corrected chi connectivity index (χ2v) is 37.4. The topological polar surface area (TPSA) is 759 Å². The maximum absolute atomic E-state index is 14.6. The van der Waals surface area contributed by atoms with Crippen molar-refractivity contribution < 1.29 is 117 Å². The molecule has 740 valence electrons. The SMILES string of the molecule is CC(O)=NC(C)(C)C(O)=NC(C)C(O)=NC(C)(C)C(O)=NC(C)C(O)=NC(C)(C)C(O)=NC(CCC(=N)O)C(O)=NC(C)(C)C(O)=NC(C(O)=NC(C)(C)C(O)=NCC(O)=NC(CC(C)C)C(O)=NC(C)(C)C(=O)N1CCCC1C(O)=NC(C(O)=NC(C)(C)C(O)=NC(C)(C)C(O)=NC(CCC(=N)O)C(O)=NC(CCC(=N)O)C(O)=NC(CO)Cc1ccccc1)C(C)C)C(C)C. The molecule has 10 atom stereocenters. The fourth-order valence-electron chi connectivity index (χ4n) is 12.3. The standard InChI is InChI=1S/C87H144N22O23/c1-44(2)40-55(95-60(115)42-91-72(125)80(10,11)106-71(124)62(46(5)6)100-77(130)84(18,19)104-67(120)54(35-38-59(90)114)98-75(128)83(16,17)103-64(117)48(8)93-74(127)82(14,15)102-63(116)47(7)92-73(126)81(12,13)101-49(9)111)68(121)105-87(24,25)79(132)109-39-29-32-56(109)69(122)99-61(45(3)4)70(123)107-86(22,23)78(131)108-85(20,21)76(129)97-53(34-37-58(89)113)66(119)96-52(33-36-57(88)112)65(118)94-51(43-110)41-50-30-27-26-28-31-50/h26-28,30-31,44-48,51-56,61-62,110H,29,32-43H2,1-25H3,(H2,88,112)(H2,89,113)(H2,90,114)(H,91,125)(H,92,126)(H,93,127)(H,94,118)(H,95,115)(H,96,119)(H,97,129)(H,98,128)(H,99,122)(H,100,130)(H,101,111)(H,102,116)(H,103,117)(H,104,120)(H,105,121)(H,106,124)(H,107,123)(H,108,131). The van der Waals surface area contributed by atoms with Crippen LogP contribution >= 0.6 is 0 Å². The van der Waals surface area contributed by atoms with Crippen LogP contribution in [0.5, 0.6) is 0 Å². The minimum atomic E-state index is -1.87. The van der Waals surface area contributed by atoms with Crippen molar-refractivity contribution >= 4 is 130 Å². The summed E-state index contributed by atoms with van der Waals surface area (Å²) in [6.07, 6.45) is -1.39. The third-order valence-corrected chi connectivity index (χ3v) is 20.3. The summed E-state index contributed by atoms with van der Waals surface area (Å²) < 4.78 is 0. The van der Waals surface area contributed by atoms with Gasteiger partial charge in [-0.25, -0.2) is 89.9 Å². The number of nitrogens with one attached hydrogen (secondary N) is 3. The van der Waals surface area contributed by atoms with Gasteiger partial charge in [0, 0.05) is 32.7 Å². The average Bonchev–Trinajstić information content (AvgIpc) is 1.65. The molecule has 1 aromatic carbocycles. The second-order valence-electron chi connectivity index (χ2n) is 37.4. The number of rotatable bonds is 52. The Kier molecular flexibility index (Phi) is 43.0. The van der Waals surface area contributed by atoms with Crippen molar-refractivity contribution in [3.8, 4) is 0 Å². The van der Waals surface area contributed by atoms with Gasteiger partial charge in [-0.1, -0.05) is 71.9 Å². The van der Waals surface area contributed by atoms with Gasteiger partial charge < -0.3 is 117 Å². The van der Waals surface area contributed by atoms with E-state index in [4.69, 9.17) is 16.2 Å². The molecule has 0 saturated carbocycles. The molecule has 1 heterocycles. The molecular formula is C87H144N22O23. The second kappa shape index (κ2) is 49.1. The summed E-state index contributed by atoms with van der Waals surface area (Å²) in [5.74, 6) is -17.4. The van der Waals surface area contributed by atoms with Crippen molar-refractivity contribution in [2.45, 2.75) is 342 Å². The van der Waals surface area contributed by atoms with Gasteiger partial charge in [0.2, 0.25) is 100 Å². The molecule has 45 heteroatoms. The first-order valence-electron chi connectivity index (χ1n) is 43.0. The number of hydrogen-bond donors (Lipinski definition) is 25. The lowest BCUT2D eigenvalue weighted by atomic mass is 10.0. The third kappa shape index (κ3) is 37.1. The van der Waals surface area contributed by atoms with Crippen LogP contribution in [0.4, 0.5) is 0 Å². The Morgan fingerprint density at radius 2 is 0.750 bits per heavy atom. The largest absolute Gasteiger partial charge is 0.497 e. The van der Waals surface area contributed by atoms with E-state index in [1.807, 2.05) is 0 Å². The van der Waals surface area contributed by atoms with Gasteiger partial charge in [-0.05, 0) is 193 Å². The molecule has 1 saturated heterocycles. The number of aliphatic imine (C=N–C) groups is 18. The minimum absolute atomic E-state index is 0.0499. The van der Waals surface area contributed by atoms with E-state index < -0.39 is 266 Å². The lowest BCUT2D eigenvalue weighted by molar-refractivity contribution is -0.135. The number of likely N-dealkylation sites (tertiary alicyclic amines) is 1. The third-order valence-electron chi connectivity index (χ3n) is 20.3. The summed E-state index contributed by atoms with van der Waals surface area (Å²) in [5.41, 5.74) is -13.2. The van der Waals surface area contributed by atoms with E-state index in [0.29, 0.717) is 6.42 Å². The van der Waals surface area contributed by atoms with E-state index in [0.717, 1.165) is 5.56 Å². The van der Waals surface area contributed by atoms with Crippen molar-refractivity contribution in [3.05, 3.63) is 35.9 Å². The fourth-order valence-corrected chi connectivity index (χ4v) is 12.3. The quantitative estimate of drug-likeness (QED) is 0.0213. The van der Waals surface area contributed by atoms with Crippen molar-refractivity contribution in [2.75, 3.05) is 19.7 Å². The summed E-state index contributed by atoms with van der Waals surface area (Å²) in [5, 5.41) is 265. The van der Waals surface area contributed by atoms with Gasteiger partial charge in [-0.2, -0.15) is 0 Å². The maximum Gasteiger partial charge on any atom is 0.250 e. The van der Waals surface area contributed by atoms with Crippen molar-refractivity contribution in [3.63, 3.8) is 0 Å². The summed E-state index contributed by atoms with van der Waals surface area (Å²) >= 11 is 0. The Balaban J connectivity index is 2.53. The van der Waals surface area contributed by atoms with Crippen molar-refractivity contribution in [1.29, 1.82) is 16.2 Å². The predicted octanol–water partition coefficient (Wildman–Crippen LogP) is 13.3. The van der Waals surface area contributed by atoms with Crippen LogP contribution in [0.25, 0.3) is 0 Å². The number of hydrogen-bond acceptors (Lipinski definition) is 23. The van der Waals surface area contributed by atoms with Gasteiger partial charge in [0.1, 0.15) is 105 Å². The first-order chi connectivity index (χ1) is 60.4. The molecule has 1 aliphatic rings. The number of aliphatic hydroxyl groups is 22. The lowest BCUT2D eigenvalue weighted by Gasteiger charge is -2.31. The Bertz CT molecular complexity index is 4710. The van der Waals surface area contributed by atoms with Crippen LogP contribution < -0.4 is 0 Å². The molecule has 2 rings (SSSR count). The molecule has 1 amide bonds. The Morgan fingerprint density at radius 1 is 0.394 bits per heavy atom. The molecule has 45 nitrogen and oxygen atoms in total. The fraction of sp³-hybridized carbons (Fsp3) is 0.678. The minimum Gasteiger partial charge on any atom is -0.497 e. The molecule has 10 unspecified atom stereocenters. The molecule has 0 aliphatic carbocycles. The molecule has 1 aliphatic heterocycles. The van der Waals surface area contributed by atoms with Gasteiger partial charge in [0.25, 0.3) is 5.91 Å². The van der Waals surface area contributed by atoms with Crippen LogP contribution in [0.15, 0.2) is 120 Å². The van der Waals surface area contributed by atoms with Crippen LogP contribution in [-0.2, 0) is 11.2 Å². The van der Waals surface area contributed by atoms with Crippen LogP contribution in [0.1, 0.15) is 236 Å². The molecule has 1 aromatic rings. The zero-order valence-corrected chi connectivity index (χ0v) is 80.3. The zero-order chi connectivity index (χ0) is 102. The van der Waals surface area contributed by atoms with Gasteiger partial charge in [0.15, 0.2) is 23.6 Å². The molecular weight excluding hydrogens is 1720 g/mol. The van der Waals surface area contributed by atoms with E-state index in [9.17, 15) is 117 Å². The van der Waals surface area contributed by atoms with E-state index >= 15 is 0 Å². The van der Waals surface area contributed by atoms with E-state index in [1.165, 1.54) is 136 Å². The molecule has 0 aromatic heterocycles. The van der Waals surface area contributed by atoms with Gasteiger partial charge in [-0.3, -0.25) is 21.0 Å². The molecule has 25 N–H and O–H groups in total. The van der Waals surface area contributed by atoms with E-state index in [-0.39, 0.29) is 63.3 Å². The van der Waals surface area contributed by atoms with Crippen LogP contribution in [-0.4, -0.2) is 371 Å². The van der Waals surface area contributed by atoms with Crippen LogP contribution in [0.3, 0.4) is 0 Å². The normalized spacial score (nSPS) is 18.8. The highest BCUT2D eigenvalue weighted by atomic mass is 16.3. The highest BCUT2D eigenvalue weighted by molar-refractivity contribution is 6.00. The highest BCUT2D eigenvalue weighted by Crippen LogP contribution is 2.30. The molecule has 0 radical (unpaired) electrons. The summed E-state index contributed by atoms with van der Waals surface area (Å²) in [6, 6.07) is -4.12. The summed E-state index contributed by atoms with van der Waals surface area (Å²) in [4.78, 5) is 91.3. The number of aliphatic hydroxyl groups excluding tert-OH is 22. The van der Waals surface area contributed by atoms with Gasteiger partial charge in [-0.15, -0.1) is 0 Å². The molecule has 0 spiro atoms.